The van der Waals surface area contributed by atoms with E-state index in [0.717, 1.165) is 59.2 Å². The summed E-state index contributed by atoms with van der Waals surface area (Å²) in [5, 5.41) is 0. The summed E-state index contributed by atoms with van der Waals surface area (Å²) in [4.78, 5) is 35.2. The fraction of sp³-hybridized carbons (Fsp3) is 0.483. The van der Waals surface area contributed by atoms with Gasteiger partial charge in [0.05, 0.1) is 17.6 Å². The molecule has 184 valence electrons. The highest BCUT2D eigenvalue weighted by molar-refractivity contribution is 5.94. The van der Waals surface area contributed by atoms with Gasteiger partial charge in [0.15, 0.2) is 0 Å². The molecule has 6 nitrogen and oxygen atoms in total. The topological polar surface area (TPSA) is 58.4 Å². The molecular weight excluding hydrogens is 436 g/mol. The average molecular weight is 473 g/mol. The summed E-state index contributed by atoms with van der Waals surface area (Å²) >= 11 is 0. The number of carbonyl (C=O) groups excluding carboxylic acids is 1. The van der Waals surface area contributed by atoms with E-state index >= 15 is 0 Å². The monoisotopic (exact) mass is 472 g/mol. The zero-order chi connectivity index (χ0) is 24.5. The number of rotatable bonds is 4. The van der Waals surface area contributed by atoms with Crippen molar-refractivity contribution in [2.45, 2.75) is 65.5 Å². The zero-order valence-electron chi connectivity index (χ0n) is 21.2. The van der Waals surface area contributed by atoms with E-state index in [0.29, 0.717) is 18.3 Å². The van der Waals surface area contributed by atoms with E-state index in [1.807, 2.05) is 41.3 Å². The summed E-state index contributed by atoms with van der Waals surface area (Å²) in [6, 6.07) is 12.5. The number of amides is 1. The number of fused-ring (bicyclic) bond motifs is 1. The molecule has 2 aliphatic rings. The van der Waals surface area contributed by atoms with Gasteiger partial charge < -0.3 is 14.4 Å². The Morgan fingerprint density at radius 2 is 1.57 bits per heavy atom. The maximum absolute atomic E-state index is 13.1. The molecule has 0 N–H and O–H groups in total. The van der Waals surface area contributed by atoms with E-state index in [-0.39, 0.29) is 11.5 Å². The molecule has 2 fully saturated rings. The van der Waals surface area contributed by atoms with Crippen molar-refractivity contribution in [2.75, 3.05) is 26.2 Å². The van der Waals surface area contributed by atoms with Crippen molar-refractivity contribution < 1.29 is 4.79 Å². The maximum Gasteiger partial charge on any atom is 0.272 e. The van der Waals surface area contributed by atoms with Gasteiger partial charge in [0.1, 0.15) is 5.69 Å². The van der Waals surface area contributed by atoms with Gasteiger partial charge in [0.25, 0.3) is 11.5 Å². The summed E-state index contributed by atoms with van der Waals surface area (Å²) in [6.45, 7) is 10.4. The summed E-state index contributed by atoms with van der Waals surface area (Å²) in [5.74, 6) is 0.113. The van der Waals surface area contributed by atoms with Crippen LogP contribution in [0.4, 0.5) is 0 Å². The fourth-order valence-corrected chi connectivity index (χ4v) is 5.62. The minimum atomic E-state index is -0.0718. The number of hydrogen-bond acceptors (Lipinski definition) is 4. The van der Waals surface area contributed by atoms with Crippen molar-refractivity contribution in [3.63, 3.8) is 0 Å². The average Bonchev–Trinajstić information content (AvgIpc) is 2.89. The third-order valence-electron chi connectivity index (χ3n) is 7.92. The predicted octanol–water partition coefficient (Wildman–Crippen LogP) is 4.46. The van der Waals surface area contributed by atoms with Gasteiger partial charge >= 0.3 is 0 Å². The molecule has 0 unspecified atom stereocenters. The van der Waals surface area contributed by atoms with Crippen LogP contribution in [0.15, 0.2) is 41.2 Å². The molecule has 0 atom stereocenters. The first-order chi connectivity index (χ1) is 16.9. The number of nitrogens with zero attached hydrogens (tertiary/aromatic N) is 4. The van der Waals surface area contributed by atoms with Gasteiger partial charge in [-0.15, -0.1) is 0 Å². The number of hydrogen-bond donors (Lipinski definition) is 0. The summed E-state index contributed by atoms with van der Waals surface area (Å²) in [5.41, 5.74) is 6.14. The van der Waals surface area contributed by atoms with Gasteiger partial charge in [0.2, 0.25) is 0 Å². The Bertz CT molecular complexity index is 1280. The second-order valence-corrected chi connectivity index (χ2v) is 10.3. The molecular formula is C29H36N4O2. The molecule has 5 rings (SSSR count). The summed E-state index contributed by atoms with van der Waals surface area (Å²) < 4.78 is 1.80. The van der Waals surface area contributed by atoms with Crippen molar-refractivity contribution in [1.29, 1.82) is 0 Å². The van der Waals surface area contributed by atoms with Crippen molar-refractivity contribution in [2.24, 2.45) is 0 Å². The number of likely N-dealkylation sites (tertiary alicyclic amines) is 2. The largest absolute Gasteiger partial charge is 0.339 e. The minimum Gasteiger partial charge on any atom is -0.339 e. The Morgan fingerprint density at radius 1 is 0.914 bits per heavy atom. The van der Waals surface area contributed by atoms with E-state index in [1.54, 1.807) is 11.5 Å². The smallest absolute Gasteiger partial charge is 0.272 e. The first-order valence-corrected chi connectivity index (χ1v) is 13.0. The molecule has 0 spiro atoms. The molecule has 2 aromatic carbocycles. The third-order valence-corrected chi connectivity index (χ3v) is 7.92. The van der Waals surface area contributed by atoms with E-state index in [2.05, 4.69) is 23.7 Å². The van der Waals surface area contributed by atoms with Crippen LogP contribution in [0.5, 0.6) is 0 Å². The van der Waals surface area contributed by atoms with E-state index in [1.165, 1.54) is 32.4 Å². The van der Waals surface area contributed by atoms with Crippen LogP contribution >= 0.6 is 0 Å². The van der Waals surface area contributed by atoms with Gasteiger partial charge in [-0.2, -0.15) is 0 Å². The molecule has 3 heterocycles. The van der Waals surface area contributed by atoms with Crippen molar-refractivity contribution in [3.8, 4) is 0 Å². The number of aryl methyl sites for hydroxylation is 3. The van der Waals surface area contributed by atoms with Crippen molar-refractivity contribution >= 4 is 16.9 Å². The van der Waals surface area contributed by atoms with Crippen LogP contribution in [0, 0.1) is 20.8 Å². The van der Waals surface area contributed by atoms with Crippen molar-refractivity contribution in [1.82, 2.24) is 19.4 Å². The fourth-order valence-electron chi connectivity index (χ4n) is 5.62. The third kappa shape index (κ3) is 4.90. The molecule has 35 heavy (non-hydrogen) atoms. The van der Waals surface area contributed by atoms with E-state index in [4.69, 9.17) is 0 Å². The normalized spacial score (nSPS) is 17.7. The zero-order valence-corrected chi connectivity index (χ0v) is 21.2. The molecule has 1 amide bonds. The highest BCUT2D eigenvalue weighted by atomic mass is 16.2. The van der Waals surface area contributed by atoms with Crippen LogP contribution in [0.1, 0.15) is 64.8 Å². The second kappa shape index (κ2) is 9.94. The maximum atomic E-state index is 13.1. The predicted molar refractivity (Wildman–Crippen MR) is 140 cm³/mol. The van der Waals surface area contributed by atoms with Gasteiger partial charge in [-0.1, -0.05) is 18.6 Å². The number of aromatic nitrogens is 2. The number of carbonyl (C=O) groups is 1. The van der Waals surface area contributed by atoms with Crippen LogP contribution in [-0.2, 0) is 6.54 Å². The van der Waals surface area contributed by atoms with Crippen LogP contribution in [0.3, 0.4) is 0 Å². The van der Waals surface area contributed by atoms with Crippen molar-refractivity contribution in [3.05, 3.63) is 74.7 Å². The van der Waals surface area contributed by atoms with Crippen LogP contribution in [0.25, 0.3) is 11.0 Å². The molecule has 6 heteroatoms. The molecule has 1 aromatic heterocycles. The number of benzene rings is 2. The quantitative estimate of drug-likeness (QED) is 0.563. The lowest BCUT2D eigenvalue weighted by Crippen LogP contribution is -2.48. The van der Waals surface area contributed by atoms with Gasteiger partial charge in [0, 0.05) is 24.7 Å². The standard InChI is InChI=1S/C29H36N4O2/c1-20-17-26-27(18-21(20)2)33(28(34)22(3)30-26)19-23-7-9-24(10-8-23)29(35)32-15-11-25(12-16-32)31-13-5-4-6-14-31/h7-10,17-18,25H,4-6,11-16,19H2,1-3H3. The molecule has 0 aliphatic carbocycles. The minimum absolute atomic E-state index is 0.0718. The Kier molecular flexibility index (Phi) is 6.74. The first-order valence-electron chi connectivity index (χ1n) is 13.0. The molecule has 2 saturated heterocycles. The lowest BCUT2D eigenvalue weighted by Gasteiger charge is -2.40. The Balaban J connectivity index is 1.29. The number of piperidine rings is 2. The summed E-state index contributed by atoms with van der Waals surface area (Å²) in [7, 11) is 0. The lowest BCUT2D eigenvalue weighted by atomic mass is 9.99. The van der Waals surface area contributed by atoms with E-state index in [9.17, 15) is 9.59 Å². The highest BCUT2D eigenvalue weighted by Gasteiger charge is 2.28. The van der Waals surface area contributed by atoms with E-state index < -0.39 is 0 Å². The molecule has 0 bridgehead atoms. The summed E-state index contributed by atoms with van der Waals surface area (Å²) in [6.07, 6.45) is 6.12. The Labute approximate surface area is 207 Å². The van der Waals surface area contributed by atoms with Gasteiger partial charge in [-0.05, 0) is 100 Å². The first kappa shape index (κ1) is 23.7. The molecule has 2 aliphatic heterocycles. The lowest BCUT2D eigenvalue weighted by molar-refractivity contribution is 0.0590. The molecule has 0 radical (unpaired) electrons. The second-order valence-electron chi connectivity index (χ2n) is 10.3. The van der Waals surface area contributed by atoms with Gasteiger partial charge in [-0.25, -0.2) is 4.98 Å². The Morgan fingerprint density at radius 3 is 2.26 bits per heavy atom. The molecule has 0 saturated carbocycles. The molecule has 3 aromatic rings. The van der Waals surface area contributed by atoms with Crippen LogP contribution in [0.2, 0.25) is 0 Å². The van der Waals surface area contributed by atoms with Crippen LogP contribution in [-0.4, -0.2) is 57.5 Å². The SMILES string of the molecule is Cc1cc2nc(C)c(=O)n(Cc3ccc(C(=O)N4CCC(N5CCCCC5)CC4)cc3)c2cc1C. The highest BCUT2D eigenvalue weighted by Crippen LogP contribution is 2.23. The Hall–Kier alpha value is -2.99. The van der Waals surface area contributed by atoms with Crippen LogP contribution < -0.4 is 5.56 Å². The van der Waals surface area contributed by atoms with Gasteiger partial charge in [-0.3, -0.25) is 9.59 Å².